The number of hydrogen-bond donors (Lipinski definition) is 1. The van der Waals surface area contributed by atoms with Crippen molar-refractivity contribution in [2.45, 2.75) is 38.1 Å². The predicted octanol–water partition coefficient (Wildman–Crippen LogP) is 5.69. The maximum absolute atomic E-state index is 13.6. The number of rotatable bonds is 10. The normalized spacial score (nSPS) is 14.5. The van der Waals surface area contributed by atoms with E-state index in [1.54, 1.807) is 18.2 Å². The number of carbonyl (C=O) groups excluding carboxylic acids is 2. The number of carbonyl (C=O) groups is 2. The Kier molecular flexibility index (Phi) is 9.98. The maximum Gasteiger partial charge on any atom is 0.416 e. The van der Waals surface area contributed by atoms with Crippen molar-refractivity contribution in [3.05, 3.63) is 88.5 Å². The first-order valence-electron chi connectivity index (χ1n) is 14.9. The zero-order valence-electron chi connectivity index (χ0n) is 26.0. The number of piperidine rings is 1. The Morgan fingerprint density at radius 3 is 2.40 bits per heavy atom. The van der Waals surface area contributed by atoms with Crippen molar-refractivity contribution in [2.24, 2.45) is 0 Å². The molecule has 2 heterocycles. The first-order chi connectivity index (χ1) is 22.7. The molecule has 1 aliphatic rings. The molecule has 0 aliphatic carbocycles. The lowest BCUT2D eigenvalue weighted by atomic mass is 10.1. The van der Waals surface area contributed by atoms with E-state index in [1.807, 2.05) is 25.1 Å². The van der Waals surface area contributed by atoms with Crippen LogP contribution in [0.4, 0.5) is 33.3 Å². The van der Waals surface area contributed by atoms with Crippen LogP contribution in [0, 0.1) is 0 Å². The third-order valence-electron chi connectivity index (χ3n) is 7.70. The summed E-state index contributed by atoms with van der Waals surface area (Å²) in [6.07, 6.45) is -4.20. The van der Waals surface area contributed by atoms with Crippen LogP contribution in [0.5, 0.6) is 11.5 Å². The average Bonchev–Trinajstić information content (AvgIpc) is 3.03. The molecule has 48 heavy (non-hydrogen) atoms. The van der Waals surface area contributed by atoms with Crippen LogP contribution in [0.1, 0.15) is 24.0 Å². The van der Waals surface area contributed by atoms with E-state index in [0.29, 0.717) is 11.3 Å². The largest absolute Gasteiger partial charge is 0.455 e. The minimum Gasteiger partial charge on any atom is -0.455 e. The Morgan fingerprint density at radius 1 is 1.02 bits per heavy atom. The minimum atomic E-state index is -4.47. The third-order valence-corrected chi connectivity index (χ3v) is 7.70. The molecular formula is C33H32F5N5O5. The molecule has 10 nitrogen and oxygen atoms in total. The zero-order valence-corrected chi connectivity index (χ0v) is 26.0. The van der Waals surface area contributed by atoms with Gasteiger partial charge in [0.1, 0.15) is 18.9 Å². The average molecular weight is 674 g/mol. The molecule has 3 aromatic carbocycles. The zero-order chi connectivity index (χ0) is 34.6. The maximum atomic E-state index is 13.6. The minimum absolute atomic E-state index is 0.0748. The molecule has 0 unspecified atom stereocenters. The van der Waals surface area contributed by atoms with E-state index in [9.17, 15) is 36.3 Å². The third kappa shape index (κ3) is 8.45. The Labute approximate surface area is 271 Å². The molecule has 1 saturated heterocycles. The number of aromatic nitrogens is 2. The number of anilines is 2. The van der Waals surface area contributed by atoms with E-state index in [1.165, 1.54) is 35.5 Å². The Balaban J connectivity index is 1.36. The van der Waals surface area contributed by atoms with Crippen molar-refractivity contribution >= 4 is 34.1 Å². The van der Waals surface area contributed by atoms with Crippen LogP contribution in [-0.4, -0.2) is 66.0 Å². The Hall–Kier alpha value is -5.05. The molecular weight excluding hydrogens is 641 g/mol. The van der Waals surface area contributed by atoms with E-state index in [4.69, 9.17) is 9.47 Å². The van der Waals surface area contributed by atoms with Gasteiger partial charge in [-0.15, -0.1) is 0 Å². The fourth-order valence-corrected chi connectivity index (χ4v) is 5.00. The van der Waals surface area contributed by atoms with Gasteiger partial charge < -0.3 is 24.6 Å². The summed E-state index contributed by atoms with van der Waals surface area (Å²) in [4.78, 5) is 46.6. The molecule has 0 bridgehead atoms. The number of benzene rings is 3. The second kappa shape index (κ2) is 14.0. The first-order valence-corrected chi connectivity index (χ1v) is 14.9. The Morgan fingerprint density at radius 2 is 1.73 bits per heavy atom. The van der Waals surface area contributed by atoms with Crippen molar-refractivity contribution in [3.63, 3.8) is 0 Å². The molecule has 254 valence electrons. The molecule has 4 aromatic rings. The number of alkyl halides is 5. The van der Waals surface area contributed by atoms with Gasteiger partial charge in [-0.25, -0.2) is 13.8 Å². The van der Waals surface area contributed by atoms with Gasteiger partial charge in [0.2, 0.25) is 11.8 Å². The van der Waals surface area contributed by atoms with Crippen LogP contribution in [0.3, 0.4) is 0 Å². The molecule has 15 heteroatoms. The van der Waals surface area contributed by atoms with E-state index in [2.05, 4.69) is 10.3 Å². The number of amides is 2. The van der Waals surface area contributed by atoms with E-state index >= 15 is 0 Å². The van der Waals surface area contributed by atoms with Gasteiger partial charge in [-0.2, -0.15) is 13.2 Å². The fourth-order valence-electron chi connectivity index (χ4n) is 5.00. The first kappa shape index (κ1) is 34.3. The van der Waals surface area contributed by atoms with Crippen LogP contribution in [0.15, 0.2) is 71.8 Å². The van der Waals surface area contributed by atoms with Gasteiger partial charge in [0.05, 0.1) is 35.1 Å². The molecule has 2 amide bonds. The molecule has 0 spiro atoms. The lowest BCUT2D eigenvalue weighted by Gasteiger charge is -2.31. The number of ether oxygens (including phenoxy) is 2. The summed E-state index contributed by atoms with van der Waals surface area (Å²) in [5.74, 6) is -3.47. The summed E-state index contributed by atoms with van der Waals surface area (Å²) >= 11 is 0. The molecule has 1 N–H and O–H groups in total. The van der Waals surface area contributed by atoms with Gasteiger partial charge >= 0.3 is 6.18 Å². The molecule has 0 atom stereocenters. The summed E-state index contributed by atoms with van der Waals surface area (Å²) in [6, 6.07) is 14.2. The number of nitrogens with zero attached hydrogens (tertiary/aromatic N) is 4. The summed E-state index contributed by atoms with van der Waals surface area (Å²) in [7, 11) is 3.69. The number of halogens is 5. The van der Waals surface area contributed by atoms with E-state index < -0.39 is 61.0 Å². The quantitative estimate of drug-likeness (QED) is 0.216. The van der Waals surface area contributed by atoms with Crippen molar-refractivity contribution in [1.29, 1.82) is 0 Å². The molecule has 0 radical (unpaired) electrons. The van der Waals surface area contributed by atoms with Crippen molar-refractivity contribution in [2.75, 3.05) is 44.0 Å². The number of likely N-dealkylation sites (tertiary alicyclic amines) is 1. The van der Waals surface area contributed by atoms with Crippen molar-refractivity contribution in [3.8, 4) is 11.5 Å². The monoisotopic (exact) mass is 673 g/mol. The van der Waals surface area contributed by atoms with Crippen LogP contribution in [-0.2, 0) is 33.7 Å². The number of fused-ring (bicyclic) bond motifs is 1. The van der Waals surface area contributed by atoms with Gasteiger partial charge in [0.15, 0.2) is 5.75 Å². The van der Waals surface area contributed by atoms with Gasteiger partial charge in [-0.05, 0) is 42.0 Å². The SMILES string of the molecule is CN(C)c1cccc(Oc2cc3c(=O)n(CC(=O)N4CCC(F)(F)CC4)cnc3cc2NC(=O)COCc2ccc(C(F)(F)F)cc2)c1. The lowest BCUT2D eigenvalue weighted by molar-refractivity contribution is -0.138. The molecule has 1 aromatic heterocycles. The van der Waals surface area contributed by atoms with E-state index in [0.717, 1.165) is 22.4 Å². The second-order valence-corrected chi connectivity index (χ2v) is 11.5. The fraction of sp³-hybridized carbons (Fsp3) is 0.333. The van der Waals surface area contributed by atoms with Gasteiger partial charge in [0, 0.05) is 51.8 Å². The predicted molar refractivity (Wildman–Crippen MR) is 167 cm³/mol. The summed E-state index contributed by atoms with van der Waals surface area (Å²) in [5.41, 5.74) is 0.190. The van der Waals surface area contributed by atoms with Crippen molar-refractivity contribution < 1.29 is 41.0 Å². The number of hydrogen-bond acceptors (Lipinski definition) is 7. The second-order valence-electron chi connectivity index (χ2n) is 11.5. The summed E-state index contributed by atoms with van der Waals surface area (Å²) < 4.78 is 78.3. The lowest BCUT2D eigenvalue weighted by Crippen LogP contribution is -2.44. The highest BCUT2D eigenvalue weighted by atomic mass is 19.4. The van der Waals surface area contributed by atoms with Crippen LogP contribution in [0.2, 0.25) is 0 Å². The van der Waals surface area contributed by atoms with Crippen LogP contribution < -0.4 is 20.5 Å². The van der Waals surface area contributed by atoms with Gasteiger partial charge in [-0.1, -0.05) is 18.2 Å². The van der Waals surface area contributed by atoms with Crippen LogP contribution in [0.25, 0.3) is 10.9 Å². The molecule has 1 fully saturated rings. The molecule has 0 saturated carbocycles. The topological polar surface area (TPSA) is 106 Å². The van der Waals surface area contributed by atoms with Crippen LogP contribution >= 0.6 is 0 Å². The Bertz CT molecular complexity index is 1850. The van der Waals surface area contributed by atoms with Gasteiger partial charge in [0.25, 0.3) is 11.5 Å². The smallest absolute Gasteiger partial charge is 0.416 e. The molecule has 5 rings (SSSR count). The van der Waals surface area contributed by atoms with Gasteiger partial charge in [-0.3, -0.25) is 19.0 Å². The summed E-state index contributed by atoms with van der Waals surface area (Å²) in [6.45, 7) is -1.22. The van der Waals surface area contributed by atoms with Crippen molar-refractivity contribution in [1.82, 2.24) is 14.5 Å². The highest BCUT2D eigenvalue weighted by molar-refractivity contribution is 5.96. The summed E-state index contributed by atoms with van der Waals surface area (Å²) in [5, 5.41) is 2.75. The van der Waals surface area contributed by atoms with E-state index in [-0.39, 0.29) is 42.0 Å². The standard InChI is InChI=1S/C33H32F5N5O5/c1-41(2)23-4-3-5-24(14-23)48-28-15-25-26(39-20-43(31(25)46)17-30(45)42-12-10-32(34,35)11-13-42)16-27(28)40-29(44)19-47-18-21-6-8-22(9-7-21)33(36,37)38/h3-9,14-16,20H,10-13,17-19H2,1-2H3,(H,40,44). The number of nitrogens with one attached hydrogen (secondary N) is 1. The highest BCUT2D eigenvalue weighted by Crippen LogP contribution is 2.34. The highest BCUT2D eigenvalue weighted by Gasteiger charge is 2.35. The molecule has 1 aliphatic heterocycles.